The van der Waals surface area contributed by atoms with Crippen LogP contribution in [0.4, 0.5) is 0 Å². The Morgan fingerprint density at radius 1 is 0.968 bits per heavy atom. The maximum atomic E-state index is 12.9. The molecule has 0 atom stereocenters. The third-order valence-corrected chi connectivity index (χ3v) is 8.61. The summed E-state index contributed by atoms with van der Waals surface area (Å²) < 4.78 is 29.4. The van der Waals surface area contributed by atoms with Gasteiger partial charge in [-0.05, 0) is 37.1 Å². The Kier molecular flexibility index (Phi) is 5.37. The summed E-state index contributed by atoms with van der Waals surface area (Å²) >= 11 is 1.60. The Bertz CT molecular complexity index is 1320. The lowest BCUT2D eigenvalue weighted by atomic mass is 10.2. The molecule has 0 amide bonds. The lowest BCUT2D eigenvalue weighted by Gasteiger charge is -2.25. The Morgan fingerprint density at radius 3 is 2.45 bits per heavy atom. The van der Waals surface area contributed by atoms with E-state index in [-0.39, 0.29) is 0 Å². The van der Waals surface area contributed by atoms with Crippen molar-refractivity contribution in [3.8, 4) is 11.3 Å². The van der Waals surface area contributed by atoms with Gasteiger partial charge in [0.1, 0.15) is 10.8 Å². The van der Waals surface area contributed by atoms with E-state index in [0.29, 0.717) is 24.4 Å². The first kappa shape index (κ1) is 20.4. The van der Waals surface area contributed by atoms with Crippen LogP contribution in [0, 0.1) is 0 Å². The minimum absolute atomic E-state index is 0.355. The molecule has 0 radical (unpaired) electrons. The molecule has 2 aromatic heterocycles. The zero-order chi connectivity index (χ0) is 21.4. The van der Waals surface area contributed by atoms with Gasteiger partial charge < -0.3 is 4.57 Å². The fourth-order valence-corrected chi connectivity index (χ4v) is 6.38. The monoisotopic (exact) mass is 452 g/mol. The molecule has 3 heterocycles. The van der Waals surface area contributed by atoms with Gasteiger partial charge in [0.15, 0.2) is 0 Å². The van der Waals surface area contributed by atoms with Crippen molar-refractivity contribution in [3.05, 3.63) is 64.7 Å². The third kappa shape index (κ3) is 3.91. The maximum Gasteiger partial charge on any atom is 0.243 e. The molecular weight excluding hydrogens is 428 g/mol. The number of nitrogens with zero attached hydrogens (tertiary/aromatic N) is 4. The molecule has 1 fully saturated rings. The van der Waals surface area contributed by atoms with E-state index in [4.69, 9.17) is 9.97 Å². The first-order valence-electron chi connectivity index (χ1n) is 10.5. The van der Waals surface area contributed by atoms with E-state index < -0.39 is 10.0 Å². The Labute approximate surface area is 186 Å². The third-order valence-electron chi connectivity index (χ3n) is 5.84. The number of aryl methyl sites for hydroxylation is 1. The number of piperidine rings is 1. The molecule has 0 bridgehead atoms. The van der Waals surface area contributed by atoms with Crippen LogP contribution in [0.15, 0.2) is 58.8 Å². The van der Waals surface area contributed by atoms with Crippen LogP contribution in [0.25, 0.3) is 22.3 Å². The lowest BCUT2D eigenvalue weighted by molar-refractivity contribution is 0.346. The second-order valence-corrected chi connectivity index (χ2v) is 10.7. The van der Waals surface area contributed by atoms with E-state index in [0.717, 1.165) is 52.4 Å². The largest absolute Gasteiger partial charge is 0.331 e. The summed E-state index contributed by atoms with van der Waals surface area (Å²) in [5, 5.41) is 3.00. The van der Waals surface area contributed by atoms with Gasteiger partial charge in [-0.25, -0.2) is 18.4 Å². The van der Waals surface area contributed by atoms with Gasteiger partial charge in [-0.15, -0.1) is 11.3 Å². The molecule has 6 nitrogen and oxygen atoms in total. The lowest BCUT2D eigenvalue weighted by Crippen LogP contribution is -2.35. The number of hydrogen-bond acceptors (Lipinski definition) is 5. The molecule has 2 aromatic carbocycles. The number of imidazole rings is 1. The van der Waals surface area contributed by atoms with E-state index in [9.17, 15) is 8.42 Å². The molecule has 31 heavy (non-hydrogen) atoms. The van der Waals surface area contributed by atoms with Crippen LogP contribution in [0.5, 0.6) is 0 Å². The fourth-order valence-electron chi connectivity index (χ4n) is 4.07. The molecule has 1 aliphatic rings. The number of sulfonamides is 1. The second-order valence-electron chi connectivity index (χ2n) is 7.87. The SMILES string of the molecule is Cn1c(Cc2nc(-c3ccc(S(=O)(=O)N4CCCCC4)cc3)cs2)nc2ccccc21. The first-order valence-corrected chi connectivity index (χ1v) is 12.8. The number of aromatic nitrogens is 3. The van der Waals surface area contributed by atoms with Crippen LogP contribution in [0.3, 0.4) is 0 Å². The van der Waals surface area contributed by atoms with E-state index in [1.165, 1.54) is 0 Å². The Balaban J connectivity index is 1.35. The van der Waals surface area contributed by atoms with Crippen molar-refractivity contribution in [1.82, 2.24) is 18.8 Å². The van der Waals surface area contributed by atoms with Gasteiger partial charge in [0.2, 0.25) is 10.0 Å². The average Bonchev–Trinajstić information content (AvgIpc) is 3.40. The van der Waals surface area contributed by atoms with Crippen LogP contribution >= 0.6 is 11.3 Å². The standard InChI is InChI=1S/C23H24N4O2S2/c1-26-21-8-4-3-7-19(21)24-22(26)15-23-25-20(16-30-23)17-9-11-18(12-10-17)31(28,29)27-13-5-2-6-14-27/h3-4,7-12,16H,2,5-6,13-15H2,1H3. The molecule has 0 unspecified atom stereocenters. The first-order chi connectivity index (χ1) is 15.0. The molecule has 0 N–H and O–H groups in total. The summed E-state index contributed by atoms with van der Waals surface area (Å²) in [6.07, 6.45) is 3.64. The highest BCUT2D eigenvalue weighted by Gasteiger charge is 2.25. The summed E-state index contributed by atoms with van der Waals surface area (Å²) in [6.45, 7) is 1.23. The Morgan fingerprint density at radius 2 is 1.71 bits per heavy atom. The highest BCUT2D eigenvalue weighted by Crippen LogP contribution is 2.27. The number of rotatable bonds is 5. The smallest absolute Gasteiger partial charge is 0.243 e. The number of thiazole rings is 1. The van der Waals surface area contributed by atoms with Gasteiger partial charge in [0.25, 0.3) is 0 Å². The van der Waals surface area contributed by atoms with Crippen LogP contribution in [-0.2, 0) is 23.5 Å². The van der Waals surface area contributed by atoms with Gasteiger partial charge in [0.05, 0.1) is 28.0 Å². The molecule has 1 saturated heterocycles. The number of benzene rings is 2. The highest BCUT2D eigenvalue weighted by molar-refractivity contribution is 7.89. The van der Waals surface area contributed by atoms with E-state index in [2.05, 4.69) is 10.6 Å². The predicted molar refractivity (Wildman–Crippen MR) is 124 cm³/mol. The van der Waals surface area contributed by atoms with Crippen molar-refractivity contribution < 1.29 is 8.42 Å². The quantitative estimate of drug-likeness (QED) is 0.448. The summed E-state index contributed by atoms with van der Waals surface area (Å²) in [6, 6.07) is 15.2. The highest BCUT2D eigenvalue weighted by atomic mass is 32.2. The van der Waals surface area contributed by atoms with Crippen LogP contribution in [-0.4, -0.2) is 40.3 Å². The van der Waals surface area contributed by atoms with Gasteiger partial charge in [-0.2, -0.15) is 4.31 Å². The summed E-state index contributed by atoms with van der Waals surface area (Å²) in [5.41, 5.74) is 3.88. The van der Waals surface area contributed by atoms with Crippen molar-refractivity contribution in [2.75, 3.05) is 13.1 Å². The van der Waals surface area contributed by atoms with Gasteiger partial charge >= 0.3 is 0 Å². The molecule has 5 rings (SSSR count). The van der Waals surface area contributed by atoms with E-state index in [1.807, 2.05) is 42.8 Å². The van der Waals surface area contributed by atoms with Gasteiger partial charge in [-0.1, -0.05) is 30.7 Å². The summed E-state index contributed by atoms with van der Waals surface area (Å²) in [5.74, 6) is 0.977. The number of hydrogen-bond donors (Lipinski definition) is 0. The van der Waals surface area contributed by atoms with Crippen molar-refractivity contribution in [2.45, 2.75) is 30.6 Å². The average molecular weight is 453 g/mol. The minimum atomic E-state index is -3.41. The number of para-hydroxylation sites is 2. The number of fused-ring (bicyclic) bond motifs is 1. The van der Waals surface area contributed by atoms with Crippen molar-refractivity contribution >= 4 is 32.4 Å². The van der Waals surface area contributed by atoms with Crippen LogP contribution in [0.1, 0.15) is 30.1 Å². The van der Waals surface area contributed by atoms with E-state index >= 15 is 0 Å². The summed E-state index contributed by atoms with van der Waals surface area (Å²) in [4.78, 5) is 9.86. The Hall–Kier alpha value is -2.55. The molecule has 0 saturated carbocycles. The minimum Gasteiger partial charge on any atom is -0.331 e. The molecule has 8 heteroatoms. The summed E-state index contributed by atoms with van der Waals surface area (Å²) in [7, 11) is -1.38. The van der Waals surface area contributed by atoms with E-state index in [1.54, 1.807) is 27.8 Å². The molecular formula is C23H24N4O2S2. The van der Waals surface area contributed by atoms with Crippen LogP contribution < -0.4 is 0 Å². The van der Waals surface area contributed by atoms with Crippen molar-refractivity contribution in [3.63, 3.8) is 0 Å². The van der Waals surface area contributed by atoms with Gasteiger partial charge in [-0.3, -0.25) is 0 Å². The topological polar surface area (TPSA) is 68.1 Å². The second kappa shape index (κ2) is 8.18. The van der Waals surface area contributed by atoms with Crippen LogP contribution in [0.2, 0.25) is 0 Å². The molecule has 160 valence electrons. The molecule has 4 aromatic rings. The van der Waals surface area contributed by atoms with Crippen molar-refractivity contribution in [2.24, 2.45) is 7.05 Å². The fraction of sp³-hybridized carbons (Fsp3) is 0.304. The van der Waals surface area contributed by atoms with Crippen molar-refractivity contribution in [1.29, 1.82) is 0 Å². The molecule has 0 spiro atoms. The maximum absolute atomic E-state index is 12.9. The predicted octanol–water partition coefficient (Wildman–Crippen LogP) is 4.46. The zero-order valence-corrected chi connectivity index (χ0v) is 19.0. The molecule has 1 aliphatic heterocycles. The normalized spacial score (nSPS) is 15.5. The zero-order valence-electron chi connectivity index (χ0n) is 17.4. The van der Waals surface area contributed by atoms with Gasteiger partial charge in [0, 0.05) is 31.1 Å². The molecule has 0 aliphatic carbocycles.